The molecule has 0 aromatic carbocycles. The number of rotatable bonds is 7. The van der Waals surface area contributed by atoms with Crippen molar-refractivity contribution in [1.29, 1.82) is 0 Å². The highest BCUT2D eigenvalue weighted by Crippen LogP contribution is 2.13. The fourth-order valence-corrected chi connectivity index (χ4v) is 1.60. The largest absolute Gasteiger partial charge is 0.462 e. The van der Waals surface area contributed by atoms with Crippen LogP contribution in [0.5, 0.6) is 0 Å². The van der Waals surface area contributed by atoms with Crippen molar-refractivity contribution in [2.24, 2.45) is 0 Å². The van der Waals surface area contributed by atoms with Crippen LogP contribution in [0.15, 0.2) is 23.3 Å². The predicted octanol–water partition coefficient (Wildman–Crippen LogP) is 3.16. The molecule has 0 N–H and O–H groups in total. The molecule has 0 spiro atoms. The van der Waals surface area contributed by atoms with E-state index in [1.807, 2.05) is 26.0 Å². The third kappa shape index (κ3) is 10.5. The topological polar surface area (TPSA) is 52.6 Å². The maximum absolute atomic E-state index is 11.1. The van der Waals surface area contributed by atoms with Gasteiger partial charge in [-0.1, -0.05) is 27.1 Å². The highest BCUT2D eigenvalue weighted by atomic mass is 79.9. The van der Waals surface area contributed by atoms with Crippen molar-refractivity contribution < 1.29 is 19.1 Å². The zero-order valence-electron chi connectivity index (χ0n) is 11.9. The van der Waals surface area contributed by atoms with Gasteiger partial charge < -0.3 is 9.47 Å². The highest BCUT2D eigenvalue weighted by molar-refractivity contribution is 9.09. The Morgan fingerprint density at radius 3 is 2.21 bits per heavy atom. The first-order valence-electron chi connectivity index (χ1n) is 6.04. The maximum atomic E-state index is 11.1. The van der Waals surface area contributed by atoms with Crippen LogP contribution in [0.1, 0.15) is 34.1 Å². The normalized spacial score (nSPS) is 13.9. The van der Waals surface area contributed by atoms with Crippen molar-refractivity contribution >= 4 is 27.9 Å². The van der Waals surface area contributed by atoms with E-state index in [0.717, 1.165) is 16.5 Å². The van der Waals surface area contributed by atoms with E-state index >= 15 is 0 Å². The van der Waals surface area contributed by atoms with E-state index in [9.17, 15) is 9.59 Å². The van der Waals surface area contributed by atoms with E-state index in [2.05, 4.69) is 15.9 Å². The van der Waals surface area contributed by atoms with Gasteiger partial charge in [0.2, 0.25) is 0 Å². The summed E-state index contributed by atoms with van der Waals surface area (Å²) in [5, 5.41) is 0.737. The molecule has 0 radical (unpaired) electrons. The number of carbonyl (C=O) groups excluding carboxylic acids is 2. The number of carbonyl (C=O) groups is 2. The summed E-state index contributed by atoms with van der Waals surface area (Å²) in [5.41, 5.74) is 2.10. The molecule has 108 valence electrons. The molecule has 4 nitrogen and oxygen atoms in total. The SMILES string of the molecule is CC(=O)OCC=C(C)CC(C=C(C)CBr)OC(C)=O. The zero-order chi connectivity index (χ0) is 14.8. The lowest BCUT2D eigenvalue weighted by atomic mass is 10.1. The van der Waals surface area contributed by atoms with Crippen molar-refractivity contribution in [3.05, 3.63) is 23.3 Å². The Bertz CT molecular complexity index is 372. The van der Waals surface area contributed by atoms with Crippen LogP contribution in [0.4, 0.5) is 0 Å². The molecule has 1 atom stereocenters. The number of halogens is 1. The minimum atomic E-state index is -0.310. The van der Waals surface area contributed by atoms with E-state index < -0.39 is 0 Å². The Kier molecular flexibility index (Phi) is 9.21. The van der Waals surface area contributed by atoms with Crippen molar-refractivity contribution in [3.8, 4) is 0 Å². The standard InChI is InChI=1S/C14H21BrO4/c1-10(5-6-18-12(3)16)7-14(19-13(4)17)8-11(2)9-15/h5,8,14H,6-7,9H2,1-4H3. The number of esters is 2. The molecule has 0 aliphatic carbocycles. The van der Waals surface area contributed by atoms with Gasteiger partial charge in [-0.3, -0.25) is 9.59 Å². The van der Waals surface area contributed by atoms with E-state index in [0.29, 0.717) is 6.42 Å². The molecule has 0 aromatic heterocycles. The molecule has 0 rings (SSSR count). The fourth-order valence-electron chi connectivity index (χ4n) is 1.41. The van der Waals surface area contributed by atoms with Gasteiger partial charge >= 0.3 is 11.9 Å². The van der Waals surface area contributed by atoms with Crippen LogP contribution in [0.2, 0.25) is 0 Å². The lowest BCUT2D eigenvalue weighted by molar-refractivity contribution is -0.144. The van der Waals surface area contributed by atoms with Crippen molar-refractivity contribution in [2.45, 2.75) is 40.2 Å². The minimum absolute atomic E-state index is 0.245. The van der Waals surface area contributed by atoms with Crippen LogP contribution >= 0.6 is 15.9 Å². The van der Waals surface area contributed by atoms with Crippen LogP contribution in [0, 0.1) is 0 Å². The zero-order valence-corrected chi connectivity index (χ0v) is 13.5. The summed E-state index contributed by atoms with van der Waals surface area (Å²) < 4.78 is 10.1. The van der Waals surface area contributed by atoms with Crippen molar-refractivity contribution in [1.82, 2.24) is 0 Å². The predicted molar refractivity (Wildman–Crippen MR) is 78.1 cm³/mol. The Labute approximate surface area is 123 Å². The number of hydrogen-bond acceptors (Lipinski definition) is 4. The summed E-state index contributed by atoms with van der Waals surface area (Å²) in [7, 11) is 0. The van der Waals surface area contributed by atoms with Gasteiger partial charge in [-0.05, 0) is 26.0 Å². The molecule has 0 aliphatic heterocycles. The molecular weight excluding hydrogens is 312 g/mol. The Morgan fingerprint density at radius 1 is 1.11 bits per heavy atom. The maximum Gasteiger partial charge on any atom is 0.303 e. The third-order valence-electron chi connectivity index (χ3n) is 2.24. The van der Waals surface area contributed by atoms with Gasteiger partial charge in [0.1, 0.15) is 12.7 Å². The quantitative estimate of drug-likeness (QED) is 0.408. The summed E-state index contributed by atoms with van der Waals surface area (Å²) in [6.07, 6.45) is 4.03. The lowest BCUT2D eigenvalue weighted by Gasteiger charge is -2.14. The van der Waals surface area contributed by atoms with Crippen LogP contribution in [-0.2, 0) is 19.1 Å². The Hall–Kier alpha value is -1.10. The fraction of sp³-hybridized carbons (Fsp3) is 0.571. The van der Waals surface area contributed by atoms with Gasteiger partial charge in [0.15, 0.2) is 0 Å². The average molecular weight is 333 g/mol. The Morgan fingerprint density at radius 2 is 1.74 bits per heavy atom. The monoisotopic (exact) mass is 332 g/mol. The van der Waals surface area contributed by atoms with Crippen LogP contribution in [0.25, 0.3) is 0 Å². The smallest absolute Gasteiger partial charge is 0.303 e. The molecule has 19 heavy (non-hydrogen) atoms. The number of hydrogen-bond donors (Lipinski definition) is 0. The van der Waals surface area contributed by atoms with Gasteiger partial charge in [0, 0.05) is 25.6 Å². The molecule has 0 saturated carbocycles. The van der Waals surface area contributed by atoms with Gasteiger partial charge in [-0.15, -0.1) is 0 Å². The summed E-state index contributed by atoms with van der Waals surface area (Å²) in [5.74, 6) is -0.618. The van der Waals surface area contributed by atoms with Gasteiger partial charge in [0.05, 0.1) is 0 Å². The molecule has 0 fully saturated rings. The van der Waals surface area contributed by atoms with E-state index in [1.165, 1.54) is 13.8 Å². The third-order valence-corrected chi connectivity index (χ3v) is 3.12. The van der Waals surface area contributed by atoms with Crippen LogP contribution in [0.3, 0.4) is 0 Å². The molecule has 1 unspecified atom stereocenters. The molecule has 0 bridgehead atoms. The van der Waals surface area contributed by atoms with Crippen LogP contribution < -0.4 is 0 Å². The first kappa shape index (κ1) is 17.9. The molecule has 0 heterocycles. The summed E-state index contributed by atoms with van der Waals surface area (Å²) >= 11 is 3.35. The molecule has 0 aromatic rings. The first-order chi connectivity index (χ1) is 8.85. The highest BCUT2D eigenvalue weighted by Gasteiger charge is 2.10. The molecular formula is C14H21BrO4. The van der Waals surface area contributed by atoms with E-state index in [4.69, 9.17) is 9.47 Å². The van der Waals surface area contributed by atoms with Gasteiger partial charge in [-0.25, -0.2) is 0 Å². The lowest BCUT2D eigenvalue weighted by Crippen LogP contribution is -2.15. The Balaban J connectivity index is 4.53. The second-order valence-corrected chi connectivity index (χ2v) is 4.91. The van der Waals surface area contributed by atoms with Gasteiger partial charge in [0.25, 0.3) is 0 Å². The summed E-state index contributed by atoms with van der Waals surface area (Å²) in [6, 6.07) is 0. The van der Waals surface area contributed by atoms with Gasteiger partial charge in [-0.2, -0.15) is 0 Å². The number of allylic oxidation sites excluding steroid dienone is 1. The van der Waals surface area contributed by atoms with Crippen molar-refractivity contribution in [2.75, 3.05) is 11.9 Å². The molecule has 0 saturated heterocycles. The molecule has 5 heteroatoms. The average Bonchev–Trinajstić information content (AvgIpc) is 2.27. The van der Waals surface area contributed by atoms with E-state index in [-0.39, 0.29) is 24.6 Å². The second-order valence-electron chi connectivity index (χ2n) is 4.35. The van der Waals surface area contributed by atoms with E-state index in [1.54, 1.807) is 0 Å². The molecule has 0 amide bonds. The number of ether oxygens (including phenoxy) is 2. The minimum Gasteiger partial charge on any atom is -0.462 e. The van der Waals surface area contributed by atoms with Crippen LogP contribution in [-0.4, -0.2) is 30.0 Å². The number of alkyl halides is 1. The first-order valence-corrected chi connectivity index (χ1v) is 7.16. The second kappa shape index (κ2) is 9.78. The summed E-state index contributed by atoms with van der Waals surface area (Å²) in [4.78, 5) is 21.7. The summed E-state index contributed by atoms with van der Waals surface area (Å²) in [6.45, 7) is 6.88. The molecule has 0 aliphatic rings. The van der Waals surface area contributed by atoms with Crippen molar-refractivity contribution in [3.63, 3.8) is 0 Å².